The molecule has 0 unspecified atom stereocenters. The number of ether oxygens (including phenoxy) is 1. The molecule has 0 radical (unpaired) electrons. The topological polar surface area (TPSA) is 58.8 Å². The summed E-state index contributed by atoms with van der Waals surface area (Å²) in [6, 6.07) is 12.9. The number of alkyl halides is 3. The van der Waals surface area contributed by atoms with Gasteiger partial charge in [0.05, 0.1) is 16.9 Å². The highest BCUT2D eigenvalue weighted by Crippen LogP contribution is 2.35. The second-order valence-corrected chi connectivity index (χ2v) is 9.33. The zero-order valence-electron chi connectivity index (χ0n) is 18.9. The summed E-state index contributed by atoms with van der Waals surface area (Å²) in [7, 11) is 0. The van der Waals surface area contributed by atoms with E-state index in [1.165, 1.54) is 39.8 Å². The van der Waals surface area contributed by atoms with Crippen molar-refractivity contribution in [1.29, 1.82) is 0 Å². The molecule has 2 aromatic heterocycles. The van der Waals surface area contributed by atoms with Gasteiger partial charge in [0, 0.05) is 49.1 Å². The molecule has 1 saturated heterocycles. The number of nitrogens with zero attached hydrogens (tertiary/aromatic N) is 3. The molecule has 184 valence electrons. The van der Waals surface area contributed by atoms with Crippen molar-refractivity contribution in [2.24, 2.45) is 0 Å². The number of fused-ring (bicyclic) bond motifs is 2. The van der Waals surface area contributed by atoms with Crippen LogP contribution in [0.4, 0.5) is 19.0 Å². The Bertz CT molecular complexity index is 1380. The lowest BCUT2D eigenvalue weighted by Gasteiger charge is -2.35. The second kappa shape index (κ2) is 9.87. The maximum Gasteiger partial charge on any atom is 0.417 e. The maximum atomic E-state index is 13.2. The average Bonchev–Trinajstić information content (AvgIpc) is 3.27. The fourth-order valence-corrected chi connectivity index (χ4v) is 5.17. The average molecular weight is 504 g/mol. The number of aromatic nitrogens is 1. The summed E-state index contributed by atoms with van der Waals surface area (Å²) in [4.78, 5) is 16.3. The van der Waals surface area contributed by atoms with Crippen LogP contribution in [0.5, 0.6) is 5.75 Å². The molecule has 0 N–H and O–H groups in total. The predicted molar refractivity (Wildman–Crippen MR) is 130 cm³/mol. The summed E-state index contributed by atoms with van der Waals surface area (Å²) in [5.74, 6) is 1.45. The summed E-state index contributed by atoms with van der Waals surface area (Å²) >= 11 is 1.54. The predicted octanol–water partition coefficient (Wildman–Crippen LogP) is 5.40. The van der Waals surface area contributed by atoms with Gasteiger partial charge < -0.3 is 14.1 Å². The van der Waals surface area contributed by atoms with Crippen LogP contribution in [0, 0.1) is 0 Å². The minimum absolute atomic E-state index is 0.131. The summed E-state index contributed by atoms with van der Waals surface area (Å²) in [6.07, 6.45) is -2.88. The quantitative estimate of drug-likeness (QED) is 0.249. The number of hydrogen-bond donors (Lipinski definition) is 0. The number of rotatable bonds is 7. The first-order valence-corrected chi connectivity index (χ1v) is 12.3. The van der Waals surface area contributed by atoms with E-state index >= 15 is 0 Å². The third-order valence-electron chi connectivity index (χ3n) is 6.19. The minimum Gasteiger partial charge on any atom is -0.493 e. The smallest absolute Gasteiger partial charge is 0.417 e. The summed E-state index contributed by atoms with van der Waals surface area (Å²) in [5.41, 5.74) is -2.17. The molecule has 10 heteroatoms. The second-order valence-electron chi connectivity index (χ2n) is 8.52. The Morgan fingerprint density at radius 3 is 2.60 bits per heavy atom. The highest BCUT2D eigenvalue weighted by molar-refractivity contribution is 7.13. The van der Waals surface area contributed by atoms with Crippen molar-refractivity contribution in [2.45, 2.75) is 19.0 Å². The first kappa shape index (κ1) is 23.6. The van der Waals surface area contributed by atoms with Crippen LogP contribution in [0.25, 0.3) is 21.1 Å². The number of anilines is 1. The van der Waals surface area contributed by atoms with Crippen LogP contribution >= 0.6 is 11.5 Å². The van der Waals surface area contributed by atoms with E-state index in [9.17, 15) is 18.0 Å². The van der Waals surface area contributed by atoms with E-state index < -0.39 is 17.4 Å². The minimum atomic E-state index is -4.63. The van der Waals surface area contributed by atoms with Gasteiger partial charge in [0.15, 0.2) is 0 Å². The molecule has 5 rings (SSSR count). The lowest BCUT2D eigenvalue weighted by molar-refractivity contribution is -0.136. The van der Waals surface area contributed by atoms with Gasteiger partial charge in [-0.2, -0.15) is 17.5 Å². The molecule has 1 aliphatic rings. The fraction of sp³-hybridized carbons (Fsp3) is 0.360. The fourth-order valence-electron chi connectivity index (χ4n) is 4.38. The van der Waals surface area contributed by atoms with Gasteiger partial charge in [-0.3, -0.25) is 4.90 Å². The molecule has 2 aromatic carbocycles. The van der Waals surface area contributed by atoms with Crippen LogP contribution in [0.15, 0.2) is 57.7 Å². The van der Waals surface area contributed by atoms with Crippen LogP contribution < -0.4 is 15.3 Å². The Morgan fingerprint density at radius 1 is 1.00 bits per heavy atom. The van der Waals surface area contributed by atoms with E-state index in [1.807, 2.05) is 12.1 Å². The molecule has 1 aliphatic heterocycles. The van der Waals surface area contributed by atoms with E-state index in [2.05, 4.69) is 26.3 Å². The summed E-state index contributed by atoms with van der Waals surface area (Å²) in [5, 5.41) is 1.06. The van der Waals surface area contributed by atoms with Gasteiger partial charge in [-0.1, -0.05) is 12.1 Å². The van der Waals surface area contributed by atoms with Gasteiger partial charge in [-0.05, 0) is 55.2 Å². The monoisotopic (exact) mass is 503 g/mol. The van der Waals surface area contributed by atoms with E-state index in [4.69, 9.17) is 9.15 Å². The molecular weight excluding hydrogens is 479 g/mol. The lowest BCUT2D eigenvalue weighted by atomic mass is 10.1. The molecule has 3 heterocycles. The number of unbranched alkanes of at least 4 members (excludes halogenated alkanes) is 1. The van der Waals surface area contributed by atoms with Crippen LogP contribution in [-0.4, -0.2) is 48.6 Å². The molecule has 4 aromatic rings. The van der Waals surface area contributed by atoms with Gasteiger partial charge in [-0.15, -0.1) is 0 Å². The standard InChI is InChI=1S/C25H24F3N3O3S/c26-25(27,28)20-16-23(32)34-21-15-17(7-8-18(20)21)33-14-4-3-9-30-10-12-31(13-11-30)24-19-5-1-2-6-22(19)35-29-24/h1-2,5-8,15-16H,3-4,9-14H2. The molecule has 0 aliphatic carbocycles. The summed E-state index contributed by atoms with van der Waals surface area (Å²) in [6.45, 7) is 5.20. The summed E-state index contributed by atoms with van der Waals surface area (Å²) < 4.78 is 56.0. The highest BCUT2D eigenvalue weighted by Gasteiger charge is 2.33. The highest BCUT2D eigenvalue weighted by atomic mass is 32.1. The molecule has 0 spiro atoms. The zero-order chi connectivity index (χ0) is 24.4. The maximum absolute atomic E-state index is 13.2. The van der Waals surface area contributed by atoms with Gasteiger partial charge in [0.2, 0.25) is 0 Å². The Hall–Kier alpha value is -3.11. The Labute approximate surface area is 203 Å². The largest absolute Gasteiger partial charge is 0.493 e. The van der Waals surface area contributed by atoms with Crippen LogP contribution in [0.1, 0.15) is 18.4 Å². The van der Waals surface area contributed by atoms with Crippen molar-refractivity contribution in [2.75, 3.05) is 44.2 Å². The van der Waals surface area contributed by atoms with E-state index in [1.54, 1.807) is 0 Å². The lowest BCUT2D eigenvalue weighted by Crippen LogP contribution is -2.46. The van der Waals surface area contributed by atoms with E-state index in [-0.39, 0.29) is 11.0 Å². The number of piperazine rings is 1. The Morgan fingerprint density at radius 2 is 1.80 bits per heavy atom. The number of hydrogen-bond acceptors (Lipinski definition) is 7. The van der Waals surface area contributed by atoms with E-state index in [0.29, 0.717) is 18.4 Å². The molecule has 0 bridgehead atoms. The van der Waals surface area contributed by atoms with Gasteiger partial charge in [-0.25, -0.2) is 4.79 Å². The molecule has 0 atom stereocenters. The molecular formula is C25H24F3N3O3S. The van der Waals surface area contributed by atoms with Gasteiger partial charge >= 0.3 is 11.8 Å². The van der Waals surface area contributed by atoms with Crippen molar-refractivity contribution >= 4 is 38.4 Å². The van der Waals surface area contributed by atoms with Crippen molar-refractivity contribution in [1.82, 2.24) is 9.27 Å². The molecule has 0 amide bonds. The first-order valence-electron chi connectivity index (χ1n) is 11.5. The van der Waals surface area contributed by atoms with E-state index in [0.717, 1.165) is 51.4 Å². The van der Waals surface area contributed by atoms with Crippen LogP contribution in [-0.2, 0) is 6.18 Å². The van der Waals surface area contributed by atoms with Crippen molar-refractivity contribution in [3.8, 4) is 5.75 Å². The number of halogens is 3. The third kappa shape index (κ3) is 5.28. The van der Waals surface area contributed by atoms with Crippen molar-refractivity contribution in [3.63, 3.8) is 0 Å². The van der Waals surface area contributed by atoms with Crippen LogP contribution in [0.2, 0.25) is 0 Å². The third-order valence-corrected chi connectivity index (χ3v) is 7.01. The molecule has 6 nitrogen and oxygen atoms in total. The molecule has 1 fully saturated rings. The Kier molecular flexibility index (Phi) is 6.66. The SMILES string of the molecule is O=c1cc(C(F)(F)F)c2ccc(OCCCCN3CCN(c4nsc5ccccc45)CC3)cc2o1. The van der Waals surface area contributed by atoms with Crippen LogP contribution in [0.3, 0.4) is 0 Å². The number of benzene rings is 2. The van der Waals surface area contributed by atoms with Crippen molar-refractivity contribution in [3.05, 3.63) is 64.5 Å². The Balaban J connectivity index is 1.08. The molecule has 35 heavy (non-hydrogen) atoms. The molecule has 0 saturated carbocycles. The normalized spacial score (nSPS) is 15.2. The zero-order valence-corrected chi connectivity index (χ0v) is 19.7. The first-order chi connectivity index (χ1) is 16.9. The van der Waals surface area contributed by atoms with Gasteiger partial charge in [0.25, 0.3) is 0 Å². The van der Waals surface area contributed by atoms with Crippen molar-refractivity contribution < 1.29 is 22.3 Å². The van der Waals surface area contributed by atoms with Gasteiger partial charge in [0.1, 0.15) is 17.2 Å².